The summed E-state index contributed by atoms with van der Waals surface area (Å²) in [7, 11) is 0. The first-order valence-electron chi connectivity index (χ1n) is 24.8. The van der Waals surface area contributed by atoms with Crippen molar-refractivity contribution in [3.8, 4) is 67.5 Å². The first-order chi connectivity index (χ1) is 39.2. The van der Waals surface area contributed by atoms with Gasteiger partial charge in [-0.3, -0.25) is 0 Å². The third kappa shape index (κ3) is 10.1. The molecule has 0 radical (unpaired) electrons. The highest BCUT2D eigenvalue weighted by atomic mass is 32.1. The molecule has 386 valence electrons. The molecule has 7 aromatic heterocycles. The lowest BCUT2D eigenvalue weighted by atomic mass is 10.0. The summed E-state index contributed by atoms with van der Waals surface area (Å²) in [5, 5.41) is 14.3. The third-order valence-corrected chi connectivity index (χ3v) is 15.9. The van der Waals surface area contributed by atoms with Crippen LogP contribution in [0.25, 0.3) is 90.9 Å². The summed E-state index contributed by atoms with van der Waals surface area (Å²) in [5.74, 6) is -0.275. The van der Waals surface area contributed by atoms with Crippen LogP contribution in [0.15, 0.2) is 189 Å². The molecule has 0 amide bonds. The highest BCUT2D eigenvalue weighted by Crippen LogP contribution is 2.40. The maximum absolute atomic E-state index is 13.0. The minimum atomic E-state index is -0.451. The lowest BCUT2D eigenvalue weighted by molar-refractivity contribution is 0.0725. The Morgan fingerprint density at radius 1 is 0.300 bits per heavy atom. The summed E-state index contributed by atoms with van der Waals surface area (Å²) >= 11 is 5.67. The molecule has 13 rings (SSSR count). The molecule has 0 saturated heterocycles. The molecule has 2 aliphatic heterocycles. The lowest BCUT2D eigenvalue weighted by Gasteiger charge is -2.09. The first kappa shape index (κ1) is 49.7. The smallest absolute Gasteiger partial charge is 0.344 e. The summed E-state index contributed by atoms with van der Waals surface area (Å²) in [5.41, 5.74) is 13.6. The zero-order chi connectivity index (χ0) is 54.1. The number of fused-ring (bicyclic) bond motifs is 8. The van der Waals surface area contributed by atoms with Gasteiger partial charge in [0.05, 0.1) is 45.0 Å². The zero-order valence-electron chi connectivity index (χ0n) is 41.6. The van der Waals surface area contributed by atoms with E-state index in [-0.39, 0.29) is 0 Å². The summed E-state index contributed by atoms with van der Waals surface area (Å²) in [6.07, 6.45) is 7.91. The lowest BCUT2D eigenvalue weighted by Crippen LogP contribution is -2.06. The topological polar surface area (TPSA) is 163 Å². The van der Waals surface area contributed by atoms with E-state index in [0.717, 1.165) is 66.6 Å². The summed E-state index contributed by atoms with van der Waals surface area (Å²) in [6, 6.07) is 44.3. The largest absolute Gasteiger partial charge is 0.423 e. The molecule has 80 heavy (non-hydrogen) atoms. The Morgan fingerprint density at radius 3 is 0.725 bits per heavy atom. The molecule has 11 aromatic rings. The highest BCUT2D eigenvalue weighted by molar-refractivity contribution is 7.08. The van der Waals surface area contributed by atoms with E-state index >= 15 is 0 Å². The van der Waals surface area contributed by atoms with Crippen molar-refractivity contribution in [3.63, 3.8) is 0 Å². The standard InChI is InChI=1S/C64H38N4O8S4/c69-61(41-25-29-77-33-41)73-45-9-1-37(2-10-45)57-49-17-19-51(65-49)58(38-3-11-46(12-4-38)74-62(70)42-26-30-78-34-42)53-21-23-55(67-53)60(40-7-15-48(16-8-40)76-64(72)44-28-32-80-36-44)56-24-22-54(68-56)59(52-20-18-50(57)66-52)39-5-13-47(14-6-39)75-63(71)43-27-31-79-35-43/h1-36,65,68H. The Labute approximate surface area is 471 Å². The van der Waals surface area contributed by atoms with E-state index < -0.39 is 23.9 Å². The van der Waals surface area contributed by atoms with Crippen LogP contribution in [-0.4, -0.2) is 43.8 Å². The van der Waals surface area contributed by atoms with E-state index in [9.17, 15) is 19.2 Å². The van der Waals surface area contributed by atoms with Gasteiger partial charge in [-0.25, -0.2) is 29.1 Å². The number of ether oxygens (including phenoxy) is 4. The fraction of sp³-hybridized carbons (Fsp3) is 0. The van der Waals surface area contributed by atoms with Crippen molar-refractivity contribution < 1.29 is 38.1 Å². The fourth-order valence-electron chi connectivity index (χ4n) is 9.37. The highest BCUT2D eigenvalue weighted by Gasteiger charge is 2.21. The van der Waals surface area contributed by atoms with E-state index in [1.54, 1.807) is 94.3 Å². The number of nitrogens with zero attached hydrogens (tertiary/aromatic N) is 2. The molecule has 9 heterocycles. The number of aromatic nitrogens is 4. The molecule has 4 aromatic carbocycles. The van der Waals surface area contributed by atoms with Crippen LogP contribution < -0.4 is 18.9 Å². The molecule has 0 saturated carbocycles. The second-order valence-electron chi connectivity index (χ2n) is 18.2. The molecule has 0 atom stereocenters. The predicted molar refractivity (Wildman–Crippen MR) is 318 cm³/mol. The molecule has 2 N–H and O–H groups in total. The van der Waals surface area contributed by atoms with Crippen molar-refractivity contribution >= 4 is 116 Å². The van der Waals surface area contributed by atoms with Gasteiger partial charge in [-0.05, 0) is 165 Å². The van der Waals surface area contributed by atoms with Crippen LogP contribution in [-0.2, 0) is 0 Å². The average molecular weight is 1120 g/mol. The van der Waals surface area contributed by atoms with Gasteiger partial charge in [0.2, 0.25) is 0 Å². The SMILES string of the molecule is O=C(Oc1ccc(-c2c3nc(c(-c4ccc(OC(=O)c5ccsc5)cc4)c4ccc([nH]4)c(-c4ccc(OC(=O)c5ccsc5)cc4)c4nc(c(-c5ccc(OC(=O)c6ccsc6)cc5)c5ccc2[nH]5)C=C4)C=C3)cc1)c1ccsc1. The summed E-state index contributed by atoms with van der Waals surface area (Å²) < 4.78 is 23.1. The fourth-order valence-corrected chi connectivity index (χ4v) is 11.9. The number of esters is 4. The number of carbonyl (C=O) groups excluding carboxylic acids is 4. The zero-order valence-corrected chi connectivity index (χ0v) is 44.8. The predicted octanol–water partition coefficient (Wildman–Crippen LogP) is 16.4. The molecular formula is C64H38N4O8S4. The number of carbonyl (C=O) groups is 4. The Kier molecular flexibility index (Phi) is 13.4. The van der Waals surface area contributed by atoms with Crippen LogP contribution in [0, 0.1) is 0 Å². The molecule has 0 aliphatic carbocycles. The van der Waals surface area contributed by atoms with Crippen LogP contribution >= 0.6 is 45.3 Å². The molecule has 0 fully saturated rings. The molecular weight excluding hydrogens is 1080 g/mol. The second-order valence-corrected chi connectivity index (χ2v) is 21.3. The molecule has 16 heteroatoms. The monoisotopic (exact) mass is 1120 g/mol. The van der Waals surface area contributed by atoms with Gasteiger partial charge in [0.25, 0.3) is 0 Å². The van der Waals surface area contributed by atoms with Crippen molar-refractivity contribution in [1.29, 1.82) is 0 Å². The van der Waals surface area contributed by atoms with E-state index in [0.29, 0.717) is 68.0 Å². The number of hydrogen-bond acceptors (Lipinski definition) is 14. The number of thiophene rings is 4. The van der Waals surface area contributed by atoms with Gasteiger partial charge in [-0.15, -0.1) is 0 Å². The van der Waals surface area contributed by atoms with Crippen molar-refractivity contribution in [1.82, 2.24) is 19.9 Å². The first-order valence-corrected chi connectivity index (χ1v) is 28.6. The Balaban J connectivity index is 1.02. The van der Waals surface area contributed by atoms with E-state index in [1.165, 1.54) is 45.3 Å². The Hall–Kier alpha value is -9.84. The van der Waals surface area contributed by atoms with Gasteiger partial charge in [0, 0.05) is 65.8 Å². The minimum absolute atomic E-state index is 0.382. The molecule has 0 spiro atoms. The maximum Gasteiger partial charge on any atom is 0.344 e. The molecule has 0 unspecified atom stereocenters. The van der Waals surface area contributed by atoms with Crippen LogP contribution in [0.2, 0.25) is 0 Å². The van der Waals surface area contributed by atoms with Crippen LogP contribution in [0.5, 0.6) is 23.0 Å². The third-order valence-electron chi connectivity index (χ3n) is 13.2. The van der Waals surface area contributed by atoms with Gasteiger partial charge in [-0.1, -0.05) is 48.5 Å². The number of rotatable bonds is 12. The van der Waals surface area contributed by atoms with Crippen molar-refractivity contribution in [3.05, 3.63) is 234 Å². The van der Waals surface area contributed by atoms with E-state index in [2.05, 4.69) is 9.97 Å². The number of benzene rings is 4. The number of H-pyrrole nitrogens is 2. The summed E-state index contributed by atoms with van der Waals surface area (Å²) in [4.78, 5) is 70.4. The maximum atomic E-state index is 13.0. The van der Waals surface area contributed by atoms with Gasteiger partial charge in [0.1, 0.15) is 23.0 Å². The summed E-state index contributed by atoms with van der Waals surface area (Å²) in [6.45, 7) is 0. The molecule has 2 aliphatic rings. The van der Waals surface area contributed by atoms with Crippen molar-refractivity contribution in [2.24, 2.45) is 0 Å². The number of aromatic amines is 2. The van der Waals surface area contributed by atoms with Crippen LogP contribution in [0.4, 0.5) is 0 Å². The molecule has 8 bridgehead atoms. The molecule has 12 nitrogen and oxygen atoms in total. The van der Waals surface area contributed by atoms with Gasteiger partial charge in [0.15, 0.2) is 0 Å². The Bertz CT molecular complexity index is 3830. The van der Waals surface area contributed by atoms with Crippen molar-refractivity contribution in [2.75, 3.05) is 0 Å². The van der Waals surface area contributed by atoms with Crippen LogP contribution in [0.3, 0.4) is 0 Å². The quantitative estimate of drug-likeness (QED) is 0.0889. The number of hydrogen-bond donors (Lipinski definition) is 2. The van der Waals surface area contributed by atoms with Gasteiger partial charge in [-0.2, -0.15) is 45.3 Å². The van der Waals surface area contributed by atoms with Crippen LogP contribution in [0.1, 0.15) is 64.2 Å². The average Bonchev–Trinajstić information content (AvgIpc) is 4.33. The normalized spacial score (nSPS) is 11.6. The Morgan fingerprint density at radius 2 is 0.525 bits per heavy atom. The number of nitrogens with one attached hydrogen (secondary N) is 2. The second kappa shape index (κ2) is 21.5. The van der Waals surface area contributed by atoms with E-state index in [4.69, 9.17) is 28.9 Å². The van der Waals surface area contributed by atoms with Gasteiger partial charge < -0.3 is 28.9 Å². The van der Waals surface area contributed by atoms with E-state index in [1.807, 2.05) is 119 Å². The minimum Gasteiger partial charge on any atom is -0.423 e. The van der Waals surface area contributed by atoms with Crippen molar-refractivity contribution in [2.45, 2.75) is 0 Å². The van der Waals surface area contributed by atoms with Gasteiger partial charge >= 0.3 is 23.9 Å².